The summed E-state index contributed by atoms with van der Waals surface area (Å²) in [4.78, 5) is 8.41. The summed E-state index contributed by atoms with van der Waals surface area (Å²) < 4.78 is 5.02. The van der Waals surface area contributed by atoms with Crippen LogP contribution in [0, 0.1) is 0 Å². The lowest BCUT2D eigenvalue weighted by atomic mass is 10.2. The summed E-state index contributed by atoms with van der Waals surface area (Å²) >= 11 is 1.48. The largest absolute Gasteiger partial charge is 0.385 e. The van der Waals surface area contributed by atoms with E-state index >= 15 is 0 Å². The molecule has 0 spiro atoms. The average molecular weight is 242 g/mol. The van der Waals surface area contributed by atoms with Gasteiger partial charge in [-0.1, -0.05) is 11.8 Å². The van der Waals surface area contributed by atoms with Crippen molar-refractivity contribution >= 4 is 23.4 Å². The quantitative estimate of drug-likeness (QED) is 0.583. The number of hydrogen-bond donors (Lipinski definition) is 2. The zero-order valence-corrected chi connectivity index (χ0v) is 10.7. The van der Waals surface area contributed by atoms with Crippen LogP contribution in [0.5, 0.6) is 0 Å². The molecule has 0 saturated carbocycles. The van der Waals surface area contributed by atoms with Crippen LogP contribution >= 0.6 is 11.8 Å². The van der Waals surface area contributed by atoms with Gasteiger partial charge in [-0.25, -0.2) is 9.97 Å². The van der Waals surface area contributed by atoms with Crippen molar-refractivity contribution in [2.24, 2.45) is 0 Å². The highest BCUT2D eigenvalue weighted by molar-refractivity contribution is 7.98. The first-order valence-electron chi connectivity index (χ1n) is 5.09. The van der Waals surface area contributed by atoms with Crippen LogP contribution in [-0.4, -0.2) is 36.0 Å². The Bertz CT molecular complexity index is 335. The first-order chi connectivity index (χ1) is 7.65. The van der Waals surface area contributed by atoms with Gasteiger partial charge in [0, 0.05) is 25.8 Å². The van der Waals surface area contributed by atoms with Gasteiger partial charge in [0.05, 0.1) is 0 Å². The van der Waals surface area contributed by atoms with E-state index in [4.69, 9.17) is 10.5 Å². The number of hydrogen-bond acceptors (Lipinski definition) is 6. The number of nitrogens with zero attached hydrogens (tertiary/aromatic N) is 2. The van der Waals surface area contributed by atoms with Gasteiger partial charge in [-0.05, 0) is 19.6 Å². The maximum absolute atomic E-state index is 5.68. The fourth-order valence-corrected chi connectivity index (χ4v) is 1.61. The summed E-state index contributed by atoms with van der Waals surface area (Å²) in [5.41, 5.74) is 5.68. The normalized spacial score (nSPS) is 12.4. The van der Waals surface area contributed by atoms with Crippen LogP contribution in [0.1, 0.15) is 13.3 Å². The molecule has 1 atom stereocenters. The molecule has 1 heterocycles. The number of ether oxygens (including phenoxy) is 1. The first kappa shape index (κ1) is 13.1. The first-order valence-corrected chi connectivity index (χ1v) is 6.32. The Morgan fingerprint density at radius 2 is 2.31 bits per heavy atom. The Balaban J connectivity index is 2.61. The van der Waals surface area contributed by atoms with Crippen LogP contribution in [0.4, 0.5) is 11.6 Å². The molecule has 0 aliphatic heterocycles. The van der Waals surface area contributed by atoms with E-state index in [0.717, 1.165) is 18.8 Å². The highest BCUT2D eigenvalue weighted by Crippen LogP contribution is 2.16. The number of aromatic nitrogens is 2. The lowest BCUT2D eigenvalue weighted by molar-refractivity contribution is 0.191. The van der Waals surface area contributed by atoms with Gasteiger partial charge in [0.2, 0.25) is 0 Å². The summed E-state index contributed by atoms with van der Waals surface area (Å²) in [5, 5.41) is 3.95. The van der Waals surface area contributed by atoms with Crippen LogP contribution in [0.25, 0.3) is 0 Å². The lowest BCUT2D eigenvalue weighted by Gasteiger charge is -2.14. The maximum atomic E-state index is 5.68. The van der Waals surface area contributed by atoms with Gasteiger partial charge in [-0.2, -0.15) is 0 Å². The van der Waals surface area contributed by atoms with Crippen LogP contribution in [0.15, 0.2) is 11.2 Å². The van der Waals surface area contributed by atoms with Crippen molar-refractivity contribution in [3.05, 3.63) is 6.07 Å². The van der Waals surface area contributed by atoms with Crippen molar-refractivity contribution in [2.45, 2.75) is 24.5 Å². The molecule has 5 nitrogen and oxygen atoms in total. The molecule has 1 aromatic heterocycles. The summed E-state index contributed by atoms with van der Waals surface area (Å²) in [5.74, 6) is 1.25. The monoisotopic (exact) mass is 242 g/mol. The Morgan fingerprint density at radius 3 is 2.94 bits per heavy atom. The van der Waals surface area contributed by atoms with Crippen LogP contribution in [0.3, 0.4) is 0 Å². The van der Waals surface area contributed by atoms with Crippen molar-refractivity contribution in [1.82, 2.24) is 9.97 Å². The minimum Gasteiger partial charge on any atom is -0.385 e. The Kier molecular flexibility index (Phi) is 5.34. The zero-order valence-electron chi connectivity index (χ0n) is 9.86. The standard InChI is InChI=1S/C10H18N4OS/c1-7(4-5-15-2)12-9-6-8(11)13-10(14-9)16-3/h6-7H,4-5H2,1-3H3,(H3,11,12,13,14). The molecule has 90 valence electrons. The maximum Gasteiger partial charge on any atom is 0.191 e. The van der Waals surface area contributed by atoms with Crippen LogP contribution in [0.2, 0.25) is 0 Å². The number of nitrogen functional groups attached to an aromatic ring is 1. The van der Waals surface area contributed by atoms with E-state index in [0.29, 0.717) is 17.0 Å². The van der Waals surface area contributed by atoms with E-state index in [1.165, 1.54) is 11.8 Å². The molecule has 1 aromatic rings. The highest BCUT2D eigenvalue weighted by Gasteiger charge is 2.05. The molecule has 0 aliphatic carbocycles. The minimum atomic E-state index is 0.295. The Labute approximate surface area is 100 Å². The summed E-state index contributed by atoms with van der Waals surface area (Å²) in [6.07, 6.45) is 2.85. The Morgan fingerprint density at radius 1 is 1.56 bits per heavy atom. The SMILES string of the molecule is COCCC(C)Nc1cc(N)nc(SC)n1. The molecule has 0 fully saturated rings. The highest BCUT2D eigenvalue weighted by atomic mass is 32.2. The summed E-state index contributed by atoms with van der Waals surface area (Å²) in [6, 6.07) is 2.03. The number of thioether (sulfide) groups is 1. The fourth-order valence-electron chi connectivity index (χ4n) is 1.23. The molecular weight excluding hydrogens is 224 g/mol. The molecule has 1 unspecified atom stereocenters. The van der Waals surface area contributed by atoms with E-state index in [-0.39, 0.29) is 0 Å². The van der Waals surface area contributed by atoms with Gasteiger partial charge in [0.25, 0.3) is 0 Å². The van der Waals surface area contributed by atoms with E-state index in [1.807, 2.05) is 6.26 Å². The fraction of sp³-hybridized carbons (Fsp3) is 0.600. The predicted octanol–water partition coefficient (Wildman–Crippen LogP) is 1.62. The van der Waals surface area contributed by atoms with Crippen molar-refractivity contribution < 1.29 is 4.74 Å². The third-order valence-corrected chi connectivity index (χ3v) is 2.61. The van der Waals surface area contributed by atoms with Gasteiger partial charge >= 0.3 is 0 Å². The molecule has 6 heteroatoms. The molecule has 0 radical (unpaired) electrons. The van der Waals surface area contributed by atoms with E-state index in [1.54, 1.807) is 13.2 Å². The number of methoxy groups -OCH3 is 1. The molecule has 0 amide bonds. The van der Waals surface area contributed by atoms with Crippen molar-refractivity contribution in [3.8, 4) is 0 Å². The number of anilines is 2. The van der Waals surface area contributed by atoms with Crippen LogP contribution in [-0.2, 0) is 4.74 Å². The summed E-state index contributed by atoms with van der Waals surface area (Å²) in [7, 11) is 1.70. The topological polar surface area (TPSA) is 73.1 Å². The third kappa shape index (κ3) is 4.24. The van der Waals surface area contributed by atoms with Crippen molar-refractivity contribution in [2.75, 3.05) is 31.0 Å². The van der Waals surface area contributed by atoms with Gasteiger partial charge in [0.15, 0.2) is 5.16 Å². The second kappa shape index (κ2) is 6.55. The smallest absolute Gasteiger partial charge is 0.191 e. The second-order valence-electron chi connectivity index (χ2n) is 3.49. The molecule has 1 rings (SSSR count). The van der Waals surface area contributed by atoms with Gasteiger partial charge in [-0.3, -0.25) is 0 Å². The van der Waals surface area contributed by atoms with Gasteiger partial charge in [-0.15, -0.1) is 0 Å². The second-order valence-corrected chi connectivity index (χ2v) is 4.27. The number of rotatable bonds is 6. The lowest BCUT2D eigenvalue weighted by Crippen LogP contribution is -2.18. The predicted molar refractivity (Wildman–Crippen MR) is 67.8 cm³/mol. The van der Waals surface area contributed by atoms with Gasteiger partial charge in [0.1, 0.15) is 11.6 Å². The zero-order chi connectivity index (χ0) is 12.0. The van der Waals surface area contributed by atoms with E-state index in [9.17, 15) is 0 Å². The van der Waals surface area contributed by atoms with Crippen molar-refractivity contribution in [1.29, 1.82) is 0 Å². The number of nitrogens with one attached hydrogen (secondary N) is 1. The van der Waals surface area contributed by atoms with E-state index < -0.39 is 0 Å². The molecule has 0 saturated heterocycles. The number of nitrogens with two attached hydrogens (primary N) is 1. The molecule has 0 bridgehead atoms. The average Bonchev–Trinajstić information content (AvgIpc) is 2.25. The Hall–Kier alpha value is -1.01. The molecule has 0 aromatic carbocycles. The van der Waals surface area contributed by atoms with Crippen molar-refractivity contribution in [3.63, 3.8) is 0 Å². The molecule has 16 heavy (non-hydrogen) atoms. The molecule has 3 N–H and O–H groups in total. The van der Waals surface area contributed by atoms with Crippen LogP contribution < -0.4 is 11.1 Å². The summed E-state index contributed by atoms with van der Waals surface area (Å²) in [6.45, 7) is 2.81. The molecular formula is C10H18N4OS. The minimum absolute atomic E-state index is 0.295. The third-order valence-electron chi connectivity index (χ3n) is 2.06. The van der Waals surface area contributed by atoms with E-state index in [2.05, 4.69) is 22.2 Å². The molecule has 0 aliphatic rings. The van der Waals surface area contributed by atoms with Gasteiger partial charge < -0.3 is 15.8 Å².